The van der Waals surface area contributed by atoms with Crippen molar-refractivity contribution in [1.82, 2.24) is 0 Å². The highest BCUT2D eigenvalue weighted by molar-refractivity contribution is 9.10. The Morgan fingerprint density at radius 2 is 2.21 bits per heavy atom. The average molecular weight is 253 g/mol. The number of hydrogen-bond donors (Lipinski definition) is 0. The van der Waals surface area contributed by atoms with Gasteiger partial charge in [0.2, 0.25) is 0 Å². The van der Waals surface area contributed by atoms with Crippen molar-refractivity contribution in [3.8, 4) is 5.75 Å². The number of benzene rings is 1. The number of para-hydroxylation sites is 1. The molecular weight excluding hydrogens is 244 g/mol. The van der Waals surface area contributed by atoms with Crippen molar-refractivity contribution in [3.05, 3.63) is 35.4 Å². The summed E-state index contributed by atoms with van der Waals surface area (Å²) in [5, 5.41) is 0. The molecule has 1 unspecified atom stereocenters. The second kappa shape index (κ2) is 3.96. The largest absolute Gasteiger partial charge is 0.489 e. The lowest BCUT2D eigenvalue weighted by Gasteiger charge is -2.18. The van der Waals surface area contributed by atoms with Crippen molar-refractivity contribution >= 4 is 28.3 Å². The molecule has 0 radical (unpaired) electrons. The zero-order valence-electron chi connectivity index (χ0n) is 7.44. The van der Waals surface area contributed by atoms with Gasteiger partial charge in [-0.15, -0.1) is 0 Å². The molecule has 3 heteroatoms. The van der Waals surface area contributed by atoms with Gasteiger partial charge in [0.25, 0.3) is 0 Å². The summed E-state index contributed by atoms with van der Waals surface area (Å²) in [5.41, 5.74) is 1.98. The van der Waals surface area contributed by atoms with E-state index >= 15 is 0 Å². The molecule has 0 fully saturated rings. The van der Waals surface area contributed by atoms with Crippen LogP contribution in [0, 0.1) is 0 Å². The fraction of sp³-hybridized carbons (Fsp3) is 0.182. The second-order valence-electron chi connectivity index (χ2n) is 3.08. The Balaban J connectivity index is 2.35. The molecule has 1 aromatic rings. The molecule has 0 amide bonds. The Morgan fingerprint density at radius 3 is 3.00 bits per heavy atom. The van der Waals surface area contributed by atoms with Crippen LogP contribution < -0.4 is 4.74 Å². The lowest BCUT2D eigenvalue weighted by atomic mass is 10.1. The molecule has 0 aliphatic carbocycles. The zero-order chi connectivity index (χ0) is 9.97. The molecule has 0 bridgehead atoms. The van der Waals surface area contributed by atoms with Crippen molar-refractivity contribution in [2.75, 3.05) is 6.61 Å². The lowest BCUT2D eigenvalue weighted by Crippen LogP contribution is -2.15. The van der Waals surface area contributed by atoms with Gasteiger partial charge in [0.15, 0.2) is 0 Å². The van der Waals surface area contributed by atoms with Gasteiger partial charge in [0, 0.05) is 5.56 Å². The second-order valence-corrected chi connectivity index (χ2v) is 4.07. The number of aldehydes is 1. The molecule has 0 saturated heterocycles. The van der Waals surface area contributed by atoms with Crippen LogP contribution in [0.25, 0.3) is 6.08 Å². The molecule has 2 nitrogen and oxygen atoms in total. The normalized spacial score (nSPS) is 16.2. The number of carbonyl (C=O) groups is 1. The van der Waals surface area contributed by atoms with Crippen LogP contribution in [0.5, 0.6) is 5.75 Å². The fourth-order valence-electron chi connectivity index (χ4n) is 1.38. The van der Waals surface area contributed by atoms with E-state index < -0.39 is 0 Å². The predicted octanol–water partition coefficient (Wildman–Crippen LogP) is 2.42. The van der Waals surface area contributed by atoms with Crippen LogP contribution in [-0.4, -0.2) is 17.7 Å². The quantitative estimate of drug-likeness (QED) is 0.597. The van der Waals surface area contributed by atoms with Gasteiger partial charge in [-0.05, 0) is 17.7 Å². The minimum absolute atomic E-state index is 0.240. The first-order valence-corrected chi connectivity index (χ1v) is 5.24. The smallest absolute Gasteiger partial charge is 0.137 e. The maximum Gasteiger partial charge on any atom is 0.137 e. The van der Waals surface area contributed by atoms with Gasteiger partial charge in [-0.3, -0.25) is 0 Å². The molecule has 1 aliphatic rings. The van der Waals surface area contributed by atoms with E-state index in [4.69, 9.17) is 4.74 Å². The molecule has 0 N–H and O–H groups in total. The average Bonchev–Trinajstić information content (AvgIpc) is 2.27. The zero-order valence-corrected chi connectivity index (χ0v) is 9.03. The van der Waals surface area contributed by atoms with Crippen molar-refractivity contribution in [2.24, 2.45) is 0 Å². The van der Waals surface area contributed by atoms with Crippen molar-refractivity contribution in [3.63, 3.8) is 0 Å². The van der Waals surface area contributed by atoms with Gasteiger partial charge in [0.1, 0.15) is 18.6 Å². The van der Waals surface area contributed by atoms with E-state index in [0.717, 1.165) is 23.2 Å². The van der Waals surface area contributed by atoms with Crippen LogP contribution in [0.2, 0.25) is 0 Å². The van der Waals surface area contributed by atoms with E-state index in [2.05, 4.69) is 15.9 Å². The summed E-state index contributed by atoms with van der Waals surface area (Å²) in [7, 11) is 0. The maximum atomic E-state index is 10.6. The number of carbonyl (C=O) groups excluding carboxylic acids is 1. The molecule has 72 valence electrons. The number of rotatable bonds is 2. The third-order valence-corrected chi connectivity index (χ3v) is 2.93. The third kappa shape index (κ3) is 1.73. The number of fused-ring (bicyclic) bond motifs is 1. The van der Waals surface area contributed by atoms with Crippen LogP contribution in [0.1, 0.15) is 5.56 Å². The van der Waals surface area contributed by atoms with Gasteiger partial charge < -0.3 is 9.53 Å². The summed E-state index contributed by atoms with van der Waals surface area (Å²) >= 11 is 3.27. The Morgan fingerprint density at radius 1 is 1.43 bits per heavy atom. The predicted molar refractivity (Wildman–Crippen MR) is 58.7 cm³/mol. The van der Waals surface area contributed by atoms with E-state index in [-0.39, 0.29) is 4.83 Å². The summed E-state index contributed by atoms with van der Waals surface area (Å²) in [6.07, 6.45) is 2.86. The first kappa shape index (κ1) is 9.46. The SMILES string of the molecule is O=CC(Br)C1=Cc2ccccc2OC1. The summed E-state index contributed by atoms with van der Waals surface area (Å²) < 4.78 is 5.50. The van der Waals surface area contributed by atoms with Crippen LogP contribution in [0.4, 0.5) is 0 Å². The monoisotopic (exact) mass is 252 g/mol. The first-order chi connectivity index (χ1) is 6.81. The van der Waals surface area contributed by atoms with Crippen molar-refractivity contribution in [2.45, 2.75) is 4.83 Å². The van der Waals surface area contributed by atoms with Crippen molar-refractivity contribution in [1.29, 1.82) is 0 Å². The molecule has 1 heterocycles. The third-order valence-electron chi connectivity index (χ3n) is 2.13. The molecular formula is C11H9BrO2. The van der Waals surface area contributed by atoms with E-state index in [1.54, 1.807) is 0 Å². The molecule has 1 atom stereocenters. The van der Waals surface area contributed by atoms with E-state index in [1.807, 2.05) is 30.3 Å². The summed E-state index contributed by atoms with van der Waals surface area (Å²) in [5.74, 6) is 0.877. The Bertz CT molecular complexity index is 385. The van der Waals surface area contributed by atoms with E-state index in [1.165, 1.54) is 0 Å². The van der Waals surface area contributed by atoms with Crippen LogP contribution >= 0.6 is 15.9 Å². The molecule has 1 aromatic carbocycles. The highest BCUT2D eigenvalue weighted by Crippen LogP contribution is 2.28. The van der Waals surface area contributed by atoms with Crippen LogP contribution in [0.3, 0.4) is 0 Å². The topological polar surface area (TPSA) is 26.3 Å². The van der Waals surface area contributed by atoms with E-state index in [9.17, 15) is 4.79 Å². The van der Waals surface area contributed by atoms with Crippen LogP contribution in [-0.2, 0) is 4.79 Å². The minimum Gasteiger partial charge on any atom is -0.489 e. The van der Waals surface area contributed by atoms with Crippen LogP contribution in [0.15, 0.2) is 29.8 Å². The summed E-state index contributed by atoms with van der Waals surface area (Å²) in [4.78, 5) is 10.3. The molecule has 14 heavy (non-hydrogen) atoms. The Kier molecular flexibility index (Phi) is 2.68. The van der Waals surface area contributed by atoms with Gasteiger partial charge in [-0.1, -0.05) is 34.1 Å². The molecule has 0 spiro atoms. The maximum absolute atomic E-state index is 10.6. The Hall–Kier alpha value is -1.09. The van der Waals surface area contributed by atoms with Gasteiger partial charge in [-0.25, -0.2) is 0 Å². The van der Waals surface area contributed by atoms with Gasteiger partial charge in [-0.2, -0.15) is 0 Å². The molecule has 1 aliphatic heterocycles. The number of ether oxygens (including phenoxy) is 1. The van der Waals surface area contributed by atoms with Gasteiger partial charge in [0.05, 0.1) is 4.83 Å². The first-order valence-electron chi connectivity index (χ1n) is 4.33. The minimum atomic E-state index is -0.240. The summed E-state index contributed by atoms with van der Waals surface area (Å²) in [6, 6.07) is 7.78. The standard InChI is InChI=1S/C11H9BrO2/c12-10(6-13)9-5-8-3-1-2-4-11(8)14-7-9/h1-6,10H,7H2. The number of hydrogen-bond acceptors (Lipinski definition) is 2. The van der Waals surface area contributed by atoms with Gasteiger partial charge >= 0.3 is 0 Å². The highest BCUT2D eigenvalue weighted by Gasteiger charge is 2.16. The molecule has 0 aromatic heterocycles. The molecule has 0 saturated carbocycles. The highest BCUT2D eigenvalue weighted by atomic mass is 79.9. The number of alkyl halides is 1. The lowest BCUT2D eigenvalue weighted by molar-refractivity contribution is -0.106. The van der Waals surface area contributed by atoms with E-state index in [0.29, 0.717) is 6.61 Å². The van der Waals surface area contributed by atoms with Crippen molar-refractivity contribution < 1.29 is 9.53 Å². The molecule has 2 rings (SSSR count). The number of halogens is 1. The fourth-order valence-corrected chi connectivity index (χ4v) is 1.64. The Labute approximate surface area is 90.7 Å². The summed E-state index contributed by atoms with van der Waals surface area (Å²) in [6.45, 7) is 0.478.